The molecule has 1 aliphatic carbocycles. The first kappa shape index (κ1) is 24.0. The minimum absolute atomic E-state index is 0.251. The van der Waals surface area contributed by atoms with E-state index in [0.29, 0.717) is 0 Å². The number of benzene rings is 4. The fourth-order valence-electron chi connectivity index (χ4n) is 4.72. The summed E-state index contributed by atoms with van der Waals surface area (Å²) >= 11 is 2.35. The third kappa shape index (κ3) is 4.15. The number of rotatable bonds is 5. The summed E-state index contributed by atoms with van der Waals surface area (Å²) in [6, 6.07) is 31.6. The molecule has 3 nitrogen and oxygen atoms in total. The topological polar surface area (TPSA) is 46.2 Å². The zero-order chi connectivity index (χ0) is 24.8. The van der Waals surface area contributed by atoms with Crippen LogP contribution in [-0.2, 0) is 15.6 Å². The Morgan fingerprint density at radius 3 is 1.91 bits per heavy atom. The molecule has 0 bridgehead atoms. The van der Waals surface area contributed by atoms with E-state index in [4.69, 9.17) is 0 Å². The minimum Gasteiger partial charge on any atom is -0.207 e. The Morgan fingerprint density at radius 2 is 1.29 bits per heavy atom. The lowest BCUT2D eigenvalue weighted by molar-refractivity contribution is 0.539. The van der Waals surface area contributed by atoms with Crippen molar-refractivity contribution in [3.05, 3.63) is 140 Å². The van der Waals surface area contributed by atoms with E-state index in [2.05, 4.69) is 76.7 Å². The van der Waals surface area contributed by atoms with Gasteiger partial charge < -0.3 is 0 Å². The molecule has 0 saturated carbocycles. The molecule has 35 heavy (non-hydrogen) atoms. The maximum atomic E-state index is 13.9. The summed E-state index contributed by atoms with van der Waals surface area (Å²) in [5.74, 6) is 0. The molecule has 1 aliphatic rings. The highest BCUT2D eigenvalue weighted by Crippen LogP contribution is 2.54. The van der Waals surface area contributed by atoms with E-state index < -0.39 is 15.6 Å². The van der Waals surface area contributed by atoms with Gasteiger partial charge >= 0.3 is 0 Å². The first-order valence-corrected chi connectivity index (χ1v) is 14.0. The molecule has 0 heterocycles. The maximum absolute atomic E-state index is 13.9. The van der Waals surface area contributed by atoms with Crippen molar-refractivity contribution in [2.24, 2.45) is 0 Å². The van der Waals surface area contributed by atoms with Crippen LogP contribution in [0.3, 0.4) is 0 Å². The van der Waals surface area contributed by atoms with Crippen molar-refractivity contribution >= 4 is 38.2 Å². The normalized spacial score (nSPS) is 17.5. The van der Waals surface area contributed by atoms with Crippen molar-refractivity contribution in [2.45, 2.75) is 31.2 Å². The molecule has 0 spiro atoms. The van der Waals surface area contributed by atoms with Crippen molar-refractivity contribution in [1.82, 2.24) is 4.72 Å². The molecule has 5 rings (SSSR count). The molecular formula is C30H26INO2S. The fourth-order valence-corrected chi connectivity index (χ4v) is 7.59. The number of hydrogen-bond acceptors (Lipinski definition) is 2. The van der Waals surface area contributed by atoms with Gasteiger partial charge in [-0.3, -0.25) is 0 Å². The number of sulfonamides is 1. The van der Waals surface area contributed by atoms with E-state index in [1.54, 1.807) is 12.1 Å². The van der Waals surface area contributed by atoms with E-state index >= 15 is 0 Å². The van der Waals surface area contributed by atoms with Crippen LogP contribution in [0.5, 0.6) is 0 Å². The maximum Gasteiger partial charge on any atom is 0.241 e. The Morgan fingerprint density at radius 1 is 0.714 bits per heavy atom. The van der Waals surface area contributed by atoms with Gasteiger partial charge in [0.05, 0.1) is 4.90 Å². The summed E-state index contributed by atoms with van der Waals surface area (Å²) in [7, 11) is -3.86. The fraction of sp³-hybridized carbons (Fsp3) is 0.133. The Bertz CT molecular complexity index is 1540. The summed E-state index contributed by atoms with van der Waals surface area (Å²) in [6.45, 7) is 6.06. The minimum atomic E-state index is -3.86. The Kier molecular flexibility index (Phi) is 6.20. The van der Waals surface area contributed by atoms with Crippen molar-refractivity contribution in [3.8, 4) is 0 Å². The highest BCUT2D eigenvalue weighted by Gasteiger charge is 2.48. The molecule has 4 aromatic carbocycles. The molecule has 0 radical (unpaired) electrons. The van der Waals surface area contributed by atoms with Crippen molar-refractivity contribution in [1.29, 1.82) is 0 Å². The van der Waals surface area contributed by atoms with Gasteiger partial charge in [-0.05, 0) is 77.7 Å². The van der Waals surface area contributed by atoms with Crippen molar-refractivity contribution in [2.75, 3.05) is 0 Å². The van der Waals surface area contributed by atoms with E-state index in [-0.39, 0.29) is 4.90 Å². The zero-order valence-electron chi connectivity index (χ0n) is 19.8. The van der Waals surface area contributed by atoms with Crippen LogP contribution in [0.4, 0.5) is 0 Å². The first-order chi connectivity index (χ1) is 16.7. The number of halogens is 1. The molecule has 1 unspecified atom stereocenters. The highest BCUT2D eigenvalue weighted by molar-refractivity contribution is 14.1. The van der Waals surface area contributed by atoms with Gasteiger partial charge in [0.1, 0.15) is 5.54 Å². The second-order valence-electron chi connectivity index (χ2n) is 9.14. The molecular weight excluding hydrogens is 565 g/mol. The summed E-state index contributed by atoms with van der Waals surface area (Å²) in [6.07, 6.45) is 0. The third-order valence-corrected chi connectivity index (χ3v) is 9.38. The molecule has 0 aromatic heterocycles. The average molecular weight is 592 g/mol. The molecule has 0 saturated heterocycles. The van der Waals surface area contributed by atoms with Crippen LogP contribution >= 0.6 is 22.6 Å². The molecule has 0 fully saturated rings. The predicted molar refractivity (Wildman–Crippen MR) is 151 cm³/mol. The van der Waals surface area contributed by atoms with Crippen molar-refractivity contribution < 1.29 is 8.42 Å². The van der Waals surface area contributed by atoms with Crippen molar-refractivity contribution in [3.63, 3.8) is 0 Å². The molecule has 4 aromatic rings. The zero-order valence-corrected chi connectivity index (χ0v) is 22.8. The van der Waals surface area contributed by atoms with Gasteiger partial charge in [-0.25, -0.2) is 8.42 Å². The Hall–Kier alpha value is -2.74. The van der Waals surface area contributed by atoms with Crippen LogP contribution < -0.4 is 4.72 Å². The Balaban J connectivity index is 1.82. The second-order valence-corrected chi connectivity index (χ2v) is 11.9. The summed E-state index contributed by atoms with van der Waals surface area (Å²) in [5.41, 5.74) is 7.21. The standard InChI is InChI=1S/C30H26INO2S/c1-20-9-14-23(15-10-20)28-26-18-13-22(3)19-27(26)30(29(28)31,24-7-5-4-6-8-24)32-35(33,34)25-16-11-21(2)12-17-25/h4-19,32H,1-3H3. The first-order valence-electron chi connectivity index (χ1n) is 11.5. The highest BCUT2D eigenvalue weighted by atomic mass is 127. The third-order valence-electron chi connectivity index (χ3n) is 6.56. The van der Waals surface area contributed by atoms with E-state index in [9.17, 15) is 8.42 Å². The smallest absolute Gasteiger partial charge is 0.207 e. The summed E-state index contributed by atoms with van der Waals surface area (Å²) in [5, 5.41) is 0. The largest absolute Gasteiger partial charge is 0.241 e. The number of nitrogens with one attached hydrogen (secondary N) is 1. The van der Waals surface area contributed by atoms with Crippen LogP contribution in [0.2, 0.25) is 0 Å². The molecule has 0 aliphatic heterocycles. The van der Waals surface area contributed by atoms with Gasteiger partial charge in [0.2, 0.25) is 10.0 Å². The van der Waals surface area contributed by atoms with Crippen LogP contribution in [0, 0.1) is 20.8 Å². The summed E-state index contributed by atoms with van der Waals surface area (Å²) in [4.78, 5) is 0.251. The van der Waals surface area contributed by atoms with Gasteiger partial charge in [-0.15, -0.1) is 0 Å². The van der Waals surface area contributed by atoms with E-state index in [1.165, 1.54) is 5.56 Å². The average Bonchev–Trinajstić information content (AvgIpc) is 3.08. The van der Waals surface area contributed by atoms with Gasteiger partial charge in [0.25, 0.3) is 0 Å². The number of hydrogen-bond donors (Lipinski definition) is 1. The van der Waals surface area contributed by atoms with Crippen LogP contribution in [0.1, 0.15) is 38.9 Å². The molecule has 5 heteroatoms. The molecule has 1 atom stereocenters. The molecule has 176 valence electrons. The lowest BCUT2D eigenvalue weighted by Gasteiger charge is -2.33. The lowest BCUT2D eigenvalue weighted by atomic mass is 9.85. The van der Waals surface area contributed by atoms with Gasteiger partial charge in [-0.2, -0.15) is 4.72 Å². The van der Waals surface area contributed by atoms with Crippen LogP contribution in [0.15, 0.2) is 106 Å². The van der Waals surface area contributed by atoms with E-state index in [1.807, 2.05) is 56.3 Å². The van der Waals surface area contributed by atoms with Crippen LogP contribution in [-0.4, -0.2) is 8.42 Å². The van der Waals surface area contributed by atoms with Gasteiger partial charge in [-0.1, -0.05) is 102 Å². The van der Waals surface area contributed by atoms with Gasteiger partial charge in [0.15, 0.2) is 0 Å². The SMILES string of the molecule is Cc1ccc(C2=C(I)C(NS(=O)(=O)c3ccc(C)cc3)(c3ccccc3)c3cc(C)ccc32)cc1. The van der Waals surface area contributed by atoms with E-state index in [0.717, 1.165) is 42.5 Å². The van der Waals surface area contributed by atoms with Crippen LogP contribution in [0.25, 0.3) is 5.57 Å². The lowest BCUT2D eigenvalue weighted by Crippen LogP contribution is -2.46. The monoisotopic (exact) mass is 591 g/mol. The molecule has 0 amide bonds. The van der Waals surface area contributed by atoms with Gasteiger partial charge in [0, 0.05) is 9.15 Å². The second kappa shape index (κ2) is 9.04. The summed E-state index contributed by atoms with van der Waals surface area (Å²) < 4.78 is 31.8. The quantitative estimate of drug-likeness (QED) is 0.253. The molecule has 1 N–H and O–H groups in total. The Labute approximate surface area is 221 Å². The predicted octanol–water partition coefficient (Wildman–Crippen LogP) is 7.04. The number of fused-ring (bicyclic) bond motifs is 1. The number of aryl methyl sites for hydroxylation is 3.